The van der Waals surface area contributed by atoms with Gasteiger partial charge in [0, 0.05) is 10.7 Å². The summed E-state index contributed by atoms with van der Waals surface area (Å²) in [5.41, 5.74) is 1.36. The van der Waals surface area contributed by atoms with Gasteiger partial charge in [-0.3, -0.25) is 9.69 Å². The Morgan fingerprint density at radius 2 is 1.80 bits per heavy atom. The zero-order valence-corrected chi connectivity index (χ0v) is 15.7. The summed E-state index contributed by atoms with van der Waals surface area (Å²) in [7, 11) is -2.50. The standard InChI is InChI=1S/C16H15Cl2N3O3S/c1-9-20-14-8-13(18)15(25(23,24)19-2)7-12(14)16(22)21(9)11-5-3-10(17)4-6-11/h3-9,19-20H,1-2H3. The second-order valence-corrected chi connectivity index (χ2v) is 8.21. The van der Waals surface area contributed by atoms with E-state index in [0.29, 0.717) is 16.4 Å². The monoisotopic (exact) mass is 399 g/mol. The molecule has 3 rings (SSSR count). The summed E-state index contributed by atoms with van der Waals surface area (Å²) >= 11 is 12.0. The molecule has 0 saturated heterocycles. The second kappa shape index (κ2) is 6.49. The number of hydrogen-bond acceptors (Lipinski definition) is 4. The van der Waals surface area contributed by atoms with Crippen molar-refractivity contribution in [2.45, 2.75) is 18.0 Å². The number of fused-ring (bicyclic) bond motifs is 1. The third-order valence-electron chi connectivity index (χ3n) is 3.94. The van der Waals surface area contributed by atoms with Gasteiger partial charge in [0.25, 0.3) is 5.91 Å². The molecule has 1 unspecified atom stereocenters. The Balaban J connectivity index is 2.12. The molecule has 6 nitrogen and oxygen atoms in total. The molecule has 1 aliphatic heterocycles. The molecule has 1 aliphatic rings. The maximum Gasteiger partial charge on any atom is 0.262 e. The molecule has 1 heterocycles. The van der Waals surface area contributed by atoms with Gasteiger partial charge in [-0.1, -0.05) is 23.2 Å². The van der Waals surface area contributed by atoms with Crippen LogP contribution in [0.15, 0.2) is 41.3 Å². The van der Waals surface area contributed by atoms with Crippen LogP contribution in [-0.2, 0) is 10.0 Å². The Labute approximate surface area is 155 Å². The van der Waals surface area contributed by atoms with E-state index in [1.165, 1.54) is 24.1 Å². The van der Waals surface area contributed by atoms with Crippen LogP contribution >= 0.6 is 23.2 Å². The van der Waals surface area contributed by atoms with Gasteiger partial charge < -0.3 is 5.32 Å². The van der Waals surface area contributed by atoms with Crippen molar-refractivity contribution in [3.63, 3.8) is 0 Å². The number of benzene rings is 2. The van der Waals surface area contributed by atoms with E-state index in [9.17, 15) is 13.2 Å². The first-order valence-corrected chi connectivity index (χ1v) is 9.61. The van der Waals surface area contributed by atoms with Crippen molar-refractivity contribution < 1.29 is 13.2 Å². The summed E-state index contributed by atoms with van der Waals surface area (Å²) in [6.45, 7) is 1.82. The zero-order valence-electron chi connectivity index (χ0n) is 13.4. The van der Waals surface area contributed by atoms with Crippen LogP contribution in [0.4, 0.5) is 11.4 Å². The number of halogens is 2. The summed E-state index contributed by atoms with van der Waals surface area (Å²) in [5, 5.41) is 3.76. The zero-order chi connectivity index (χ0) is 18.4. The van der Waals surface area contributed by atoms with Gasteiger partial charge in [-0.15, -0.1) is 0 Å². The predicted octanol–water partition coefficient (Wildman–Crippen LogP) is 3.32. The molecular formula is C16H15Cl2N3O3S. The average molecular weight is 400 g/mol. The molecule has 2 aromatic carbocycles. The van der Waals surface area contributed by atoms with Crippen molar-refractivity contribution in [3.05, 3.63) is 52.0 Å². The topological polar surface area (TPSA) is 78.5 Å². The van der Waals surface area contributed by atoms with Gasteiger partial charge in [0.05, 0.1) is 16.3 Å². The molecule has 9 heteroatoms. The number of amides is 1. The normalized spacial score (nSPS) is 17.2. The Morgan fingerprint density at radius 1 is 1.16 bits per heavy atom. The number of carbonyl (C=O) groups is 1. The van der Waals surface area contributed by atoms with Crippen LogP contribution in [0.25, 0.3) is 0 Å². The van der Waals surface area contributed by atoms with Crippen molar-refractivity contribution >= 4 is 50.5 Å². The fraction of sp³-hybridized carbons (Fsp3) is 0.188. The second-order valence-electron chi connectivity index (χ2n) is 5.51. The van der Waals surface area contributed by atoms with E-state index >= 15 is 0 Å². The molecule has 0 aromatic heterocycles. The minimum atomic E-state index is -3.78. The molecule has 0 radical (unpaired) electrons. The highest BCUT2D eigenvalue weighted by Crippen LogP contribution is 2.35. The number of anilines is 2. The molecule has 0 fully saturated rings. The minimum Gasteiger partial charge on any atom is -0.364 e. The maximum atomic E-state index is 13.0. The molecule has 2 N–H and O–H groups in total. The highest BCUT2D eigenvalue weighted by molar-refractivity contribution is 7.89. The molecule has 2 aromatic rings. The number of sulfonamides is 1. The first-order valence-electron chi connectivity index (χ1n) is 7.37. The maximum absolute atomic E-state index is 13.0. The summed E-state index contributed by atoms with van der Waals surface area (Å²) in [4.78, 5) is 14.4. The molecule has 0 aliphatic carbocycles. The molecule has 0 saturated carbocycles. The van der Waals surface area contributed by atoms with Crippen LogP contribution in [0, 0.1) is 0 Å². The summed E-state index contributed by atoms with van der Waals surface area (Å²) in [6, 6.07) is 9.56. The molecular weight excluding hydrogens is 385 g/mol. The molecule has 0 spiro atoms. The van der Waals surface area contributed by atoms with Gasteiger partial charge in [0.2, 0.25) is 10.0 Å². The van der Waals surface area contributed by atoms with Gasteiger partial charge in [-0.05, 0) is 50.4 Å². The van der Waals surface area contributed by atoms with Crippen LogP contribution in [-0.4, -0.2) is 27.5 Å². The van der Waals surface area contributed by atoms with Gasteiger partial charge in [0.1, 0.15) is 11.1 Å². The van der Waals surface area contributed by atoms with Crippen molar-refractivity contribution in [1.29, 1.82) is 0 Å². The lowest BCUT2D eigenvalue weighted by molar-refractivity contribution is 0.0977. The Kier molecular flexibility index (Phi) is 4.68. The highest BCUT2D eigenvalue weighted by Gasteiger charge is 2.32. The first-order chi connectivity index (χ1) is 11.7. The minimum absolute atomic E-state index is 0.0422. The molecule has 1 amide bonds. The SMILES string of the molecule is CNS(=O)(=O)c1cc2c(cc1Cl)NC(C)N(c1ccc(Cl)cc1)C2=O. The van der Waals surface area contributed by atoms with Crippen LogP contribution < -0.4 is 14.9 Å². The summed E-state index contributed by atoms with van der Waals surface area (Å²) < 4.78 is 26.4. The lowest BCUT2D eigenvalue weighted by Gasteiger charge is -2.36. The molecule has 1 atom stereocenters. The van der Waals surface area contributed by atoms with E-state index in [4.69, 9.17) is 23.2 Å². The number of nitrogens with one attached hydrogen (secondary N) is 2. The summed E-state index contributed by atoms with van der Waals surface area (Å²) in [6.07, 6.45) is -0.344. The molecule has 25 heavy (non-hydrogen) atoms. The quantitative estimate of drug-likeness (QED) is 0.829. The Hall–Kier alpha value is -1.80. The number of carbonyl (C=O) groups excluding carboxylic acids is 1. The third-order valence-corrected chi connectivity index (χ3v) is 6.07. The van der Waals surface area contributed by atoms with Crippen LogP contribution in [0.3, 0.4) is 0 Å². The first kappa shape index (κ1) is 18.0. The van der Waals surface area contributed by atoms with Crippen molar-refractivity contribution in [2.24, 2.45) is 0 Å². The number of hydrogen-bond donors (Lipinski definition) is 2. The van der Waals surface area contributed by atoms with Crippen molar-refractivity contribution in [1.82, 2.24) is 4.72 Å². The Morgan fingerprint density at radius 3 is 2.40 bits per heavy atom. The number of rotatable bonds is 3. The van der Waals surface area contributed by atoms with Crippen LogP contribution in [0.1, 0.15) is 17.3 Å². The fourth-order valence-electron chi connectivity index (χ4n) is 2.70. The molecule has 0 bridgehead atoms. The predicted molar refractivity (Wildman–Crippen MR) is 99.0 cm³/mol. The smallest absolute Gasteiger partial charge is 0.262 e. The highest BCUT2D eigenvalue weighted by atomic mass is 35.5. The van der Waals surface area contributed by atoms with Crippen molar-refractivity contribution in [2.75, 3.05) is 17.3 Å². The Bertz CT molecular complexity index is 946. The van der Waals surface area contributed by atoms with Crippen LogP contribution in [0.2, 0.25) is 10.0 Å². The lowest BCUT2D eigenvalue weighted by atomic mass is 10.1. The summed E-state index contributed by atoms with van der Waals surface area (Å²) in [5.74, 6) is -0.326. The van der Waals surface area contributed by atoms with Gasteiger partial charge in [0.15, 0.2) is 0 Å². The molecule has 132 valence electrons. The lowest BCUT2D eigenvalue weighted by Crippen LogP contribution is -2.47. The largest absolute Gasteiger partial charge is 0.364 e. The number of nitrogens with zero attached hydrogens (tertiary/aromatic N) is 1. The van der Waals surface area contributed by atoms with E-state index in [1.807, 2.05) is 6.92 Å². The van der Waals surface area contributed by atoms with Gasteiger partial charge in [-0.25, -0.2) is 13.1 Å². The third kappa shape index (κ3) is 3.20. The van der Waals surface area contributed by atoms with E-state index in [0.717, 1.165) is 0 Å². The van der Waals surface area contributed by atoms with E-state index in [2.05, 4.69) is 10.0 Å². The fourth-order valence-corrected chi connectivity index (χ4v) is 4.11. The van der Waals surface area contributed by atoms with E-state index in [1.54, 1.807) is 24.3 Å². The van der Waals surface area contributed by atoms with Gasteiger partial charge in [-0.2, -0.15) is 0 Å². The van der Waals surface area contributed by atoms with Crippen LogP contribution in [0.5, 0.6) is 0 Å². The van der Waals surface area contributed by atoms with E-state index < -0.39 is 10.0 Å². The van der Waals surface area contributed by atoms with E-state index in [-0.39, 0.29) is 27.6 Å². The van der Waals surface area contributed by atoms with Crippen molar-refractivity contribution in [3.8, 4) is 0 Å². The average Bonchev–Trinajstić information content (AvgIpc) is 2.56. The van der Waals surface area contributed by atoms with Gasteiger partial charge >= 0.3 is 0 Å².